The van der Waals surface area contributed by atoms with Crippen LogP contribution in [0.15, 0.2) is 41.2 Å². The average Bonchev–Trinajstić information content (AvgIpc) is 2.73. The van der Waals surface area contributed by atoms with E-state index < -0.39 is 5.97 Å². The zero-order chi connectivity index (χ0) is 21.0. The van der Waals surface area contributed by atoms with Gasteiger partial charge in [-0.2, -0.15) is 0 Å². The second-order valence-electron chi connectivity index (χ2n) is 6.71. The number of methoxy groups -OCH3 is 1. The van der Waals surface area contributed by atoms with Crippen LogP contribution >= 0.6 is 0 Å². The molecule has 1 aromatic heterocycles. The van der Waals surface area contributed by atoms with Gasteiger partial charge in [-0.05, 0) is 49.8 Å². The summed E-state index contributed by atoms with van der Waals surface area (Å²) in [5.41, 5.74) is 0.944. The molecule has 0 N–H and O–H groups in total. The van der Waals surface area contributed by atoms with E-state index in [9.17, 15) is 14.4 Å². The lowest BCUT2D eigenvalue weighted by Gasteiger charge is -2.31. The molecule has 0 saturated heterocycles. The number of hydrogen-bond acceptors (Lipinski definition) is 6. The molecule has 2 aromatic rings. The number of esters is 1. The summed E-state index contributed by atoms with van der Waals surface area (Å²) in [6.45, 7) is 3.22. The van der Waals surface area contributed by atoms with Crippen LogP contribution in [0.2, 0.25) is 0 Å². The molecule has 0 saturated carbocycles. The minimum Gasteiger partial charge on any atom is -0.497 e. The maximum absolute atomic E-state index is 13.3. The van der Waals surface area contributed by atoms with E-state index in [0.29, 0.717) is 29.2 Å². The van der Waals surface area contributed by atoms with E-state index in [2.05, 4.69) is 0 Å². The number of ketones is 1. The Kier molecular flexibility index (Phi) is 6.16. The number of aromatic nitrogens is 1. The lowest BCUT2D eigenvalue weighted by Crippen LogP contribution is -2.37. The lowest BCUT2D eigenvalue weighted by atomic mass is 10.0. The van der Waals surface area contributed by atoms with Crippen molar-refractivity contribution in [3.8, 4) is 5.75 Å². The number of ether oxygens (including phenoxy) is 2. The van der Waals surface area contributed by atoms with Crippen LogP contribution in [0, 0.1) is 0 Å². The number of nitrogens with zero attached hydrogens (tertiary/aromatic N) is 2. The number of rotatable bonds is 6. The van der Waals surface area contributed by atoms with E-state index in [1.807, 2.05) is 11.9 Å². The van der Waals surface area contributed by atoms with Crippen LogP contribution in [0.5, 0.6) is 5.75 Å². The highest BCUT2D eigenvalue weighted by Gasteiger charge is 2.25. The van der Waals surface area contributed by atoms with Gasteiger partial charge in [-0.15, -0.1) is 0 Å². The largest absolute Gasteiger partial charge is 0.497 e. The fourth-order valence-corrected chi connectivity index (χ4v) is 3.40. The van der Waals surface area contributed by atoms with E-state index >= 15 is 0 Å². The zero-order valence-electron chi connectivity index (χ0n) is 16.8. The molecule has 2 heterocycles. The Balaban J connectivity index is 2.11. The van der Waals surface area contributed by atoms with Gasteiger partial charge in [0.15, 0.2) is 5.78 Å². The van der Waals surface area contributed by atoms with Crippen LogP contribution in [0.25, 0.3) is 6.08 Å². The van der Waals surface area contributed by atoms with Crippen molar-refractivity contribution in [2.24, 2.45) is 0 Å². The molecule has 1 aromatic carbocycles. The van der Waals surface area contributed by atoms with Crippen molar-refractivity contribution < 1.29 is 19.1 Å². The lowest BCUT2D eigenvalue weighted by molar-refractivity contribution is -0.137. The number of carbonyl (C=O) groups excluding carboxylic acids is 2. The quantitative estimate of drug-likeness (QED) is 0.424. The first kappa shape index (κ1) is 20.4. The number of anilines is 1. The first-order chi connectivity index (χ1) is 14.0. The molecule has 7 nitrogen and oxygen atoms in total. The summed E-state index contributed by atoms with van der Waals surface area (Å²) in [6.07, 6.45) is 3.42. The normalized spacial score (nSPS) is 13.3. The minimum absolute atomic E-state index is 0.198. The Morgan fingerprint density at radius 1 is 1.17 bits per heavy atom. The Hall–Kier alpha value is -3.35. The predicted molar refractivity (Wildman–Crippen MR) is 111 cm³/mol. The van der Waals surface area contributed by atoms with Crippen LogP contribution < -0.4 is 15.2 Å². The van der Waals surface area contributed by atoms with Crippen molar-refractivity contribution in [1.29, 1.82) is 0 Å². The standard InChI is InChI=1S/C22H24N2O5/c1-4-29-19(25)11-8-16-14-18(20(26)15-6-9-17(28-3)10-7-15)21-23(2)12-5-13-24(21)22(16)27/h6-11,14H,4-5,12-13H2,1-3H3/b11-8+. The minimum atomic E-state index is -0.533. The van der Waals surface area contributed by atoms with Gasteiger partial charge < -0.3 is 14.4 Å². The van der Waals surface area contributed by atoms with Crippen molar-refractivity contribution >= 4 is 23.6 Å². The third-order valence-corrected chi connectivity index (χ3v) is 4.81. The van der Waals surface area contributed by atoms with Crippen molar-refractivity contribution in [3.05, 3.63) is 63.5 Å². The first-order valence-electron chi connectivity index (χ1n) is 9.48. The van der Waals surface area contributed by atoms with Crippen LogP contribution in [0.4, 0.5) is 5.82 Å². The van der Waals surface area contributed by atoms with Gasteiger partial charge in [-0.3, -0.25) is 14.2 Å². The fraction of sp³-hybridized carbons (Fsp3) is 0.318. The molecule has 0 amide bonds. The Bertz CT molecular complexity index is 1010. The van der Waals surface area contributed by atoms with Crippen LogP contribution in [0.3, 0.4) is 0 Å². The third kappa shape index (κ3) is 4.23. The summed E-state index contributed by atoms with van der Waals surface area (Å²) >= 11 is 0. The highest BCUT2D eigenvalue weighted by atomic mass is 16.5. The molecule has 0 aliphatic carbocycles. The van der Waals surface area contributed by atoms with Gasteiger partial charge in [0.05, 0.1) is 19.3 Å². The molecular weight excluding hydrogens is 372 g/mol. The molecule has 0 unspecified atom stereocenters. The van der Waals surface area contributed by atoms with E-state index in [1.54, 1.807) is 48.9 Å². The van der Waals surface area contributed by atoms with Crippen molar-refractivity contribution in [2.45, 2.75) is 19.9 Å². The maximum atomic E-state index is 13.3. The maximum Gasteiger partial charge on any atom is 0.330 e. The second kappa shape index (κ2) is 8.77. The van der Waals surface area contributed by atoms with Gasteiger partial charge in [0.1, 0.15) is 11.6 Å². The van der Waals surface area contributed by atoms with Gasteiger partial charge in [0, 0.05) is 37.3 Å². The molecule has 3 rings (SSSR count). The topological polar surface area (TPSA) is 77.8 Å². The van der Waals surface area contributed by atoms with Gasteiger partial charge in [0.25, 0.3) is 5.56 Å². The van der Waals surface area contributed by atoms with Crippen molar-refractivity contribution in [3.63, 3.8) is 0 Å². The fourth-order valence-electron chi connectivity index (χ4n) is 3.40. The summed E-state index contributed by atoms with van der Waals surface area (Å²) < 4.78 is 11.6. The summed E-state index contributed by atoms with van der Waals surface area (Å²) in [7, 11) is 3.43. The number of pyridine rings is 1. The van der Waals surface area contributed by atoms with Gasteiger partial charge >= 0.3 is 5.97 Å². The number of hydrogen-bond donors (Lipinski definition) is 0. The van der Waals surface area contributed by atoms with E-state index in [4.69, 9.17) is 9.47 Å². The summed E-state index contributed by atoms with van der Waals surface area (Å²) in [6, 6.07) is 8.39. The Morgan fingerprint density at radius 2 is 1.90 bits per heavy atom. The molecule has 152 valence electrons. The molecule has 0 atom stereocenters. The Morgan fingerprint density at radius 3 is 2.55 bits per heavy atom. The van der Waals surface area contributed by atoms with Gasteiger partial charge in [0.2, 0.25) is 0 Å². The molecule has 0 bridgehead atoms. The first-order valence-corrected chi connectivity index (χ1v) is 9.48. The molecule has 1 aliphatic rings. The van der Waals surface area contributed by atoms with Gasteiger partial charge in [-0.1, -0.05) is 0 Å². The molecule has 1 aliphatic heterocycles. The van der Waals surface area contributed by atoms with Crippen LogP contribution in [-0.2, 0) is 16.1 Å². The predicted octanol–water partition coefficient (Wildman–Crippen LogP) is 2.50. The summed E-state index contributed by atoms with van der Waals surface area (Å²) in [4.78, 5) is 39.8. The van der Waals surface area contributed by atoms with E-state index in [1.165, 1.54) is 12.2 Å². The molecular formula is C22H24N2O5. The zero-order valence-corrected chi connectivity index (χ0v) is 16.8. The monoisotopic (exact) mass is 396 g/mol. The average molecular weight is 396 g/mol. The van der Waals surface area contributed by atoms with Gasteiger partial charge in [-0.25, -0.2) is 4.79 Å². The van der Waals surface area contributed by atoms with Crippen LogP contribution in [-0.4, -0.2) is 43.6 Å². The summed E-state index contributed by atoms with van der Waals surface area (Å²) in [5.74, 6) is 0.518. The number of carbonyl (C=O) groups is 2. The molecule has 0 fully saturated rings. The van der Waals surface area contributed by atoms with E-state index in [0.717, 1.165) is 13.0 Å². The smallest absolute Gasteiger partial charge is 0.330 e. The molecule has 0 spiro atoms. The number of fused-ring (bicyclic) bond motifs is 1. The second-order valence-corrected chi connectivity index (χ2v) is 6.71. The highest BCUT2D eigenvalue weighted by Crippen LogP contribution is 2.26. The van der Waals surface area contributed by atoms with Crippen molar-refractivity contribution in [1.82, 2.24) is 4.57 Å². The van der Waals surface area contributed by atoms with Crippen LogP contribution in [0.1, 0.15) is 34.8 Å². The molecule has 7 heteroatoms. The SMILES string of the molecule is CCOC(=O)/C=C/c1cc(C(=O)c2ccc(OC)cc2)c2n(c1=O)CCCN2C. The third-order valence-electron chi connectivity index (χ3n) is 4.81. The molecule has 29 heavy (non-hydrogen) atoms. The Labute approximate surface area is 169 Å². The summed E-state index contributed by atoms with van der Waals surface area (Å²) in [5, 5.41) is 0. The highest BCUT2D eigenvalue weighted by molar-refractivity contribution is 6.12. The van der Waals surface area contributed by atoms with Crippen molar-refractivity contribution in [2.75, 3.05) is 32.2 Å². The van der Waals surface area contributed by atoms with E-state index in [-0.39, 0.29) is 23.5 Å². The molecule has 0 radical (unpaired) electrons. The number of benzene rings is 1.